The highest BCUT2D eigenvalue weighted by Gasteiger charge is 2.25. The van der Waals surface area contributed by atoms with E-state index in [2.05, 4.69) is 122 Å². The molecule has 15 aromatic rings. The molecule has 34 nitrogen and oxygen atoms in total. The van der Waals surface area contributed by atoms with Gasteiger partial charge in [-0.2, -0.15) is 25.5 Å². The van der Waals surface area contributed by atoms with Crippen LogP contribution in [0.2, 0.25) is 0 Å². The largest absolute Gasteiger partial charge is 0.379 e. The van der Waals surface area contributed by atoms with E-state index in [4.69, 9.17) is 24.4 Å². The Morgan fingerprint density at radius 2 is 0.709 bits per heavy atom. The summed E-state index contributed by atoms with van der Waals surface area (Å²) in [6, 6.07) is 47.9. The summed E-state index contributed by atoms with van der Waals surface area (Å²) in [5.41, 5.74) is 15.6. The van der Waals surface area contributed by atoms with Crippen LogP contribution in [0, 0.1) is 13.8 Å². The smallest absolute Gasteiger partial charge is 0.274 e. The highest BCUT2D eigenvalue weighted by atomic mass is 79.9. The Bertz CT molecular complexity index is 6140. The van der Waals surface area contributed by atoms with Gasteiger partial charge in [0.1, 0.15) is 50.2 Å². The topological polar surface area (TPSA) is 383 Å². The Kier molecular flexibility index (Phi) is 29.9. The molecule has 0 aromatic carbocycles. The standard InChI is InChI=1S/C26H27N7O2.C23H24N8O2.C23H22N6O.C20H21BrN6O2/c1-19-15-20(17-27-16-19)21-6-4-7-23(29-21)26(34)30-24-18-33(10-9-32-11-13-35-14-12-32)31-25(24)22-5-2-3-8-28-22;32-23(20-6-3-5-18(27-20)17-14-25-26-15-17)28-21-16-31(9-8-30-10-12-33-13-11-30)29-22(21)19-4-1-2-7-24-19;1-15(2)29-14-21(22(28-29)19-7-4-5-10-25-19)27-23(30)20-9-6-8-18(26-20)17-11-16(3)12-24-13-17;21-18-6-3-5-16(23-18)20(28)24-17-14-27(9-8-26-10-12-29-13-11-26)25-19(17)15-4-1-2-7-22-15/h2-8,15-18H,9-14H2,1H3,(H,30,34);1-7,14-16H,8-13H2,(H,25,26)(H,28,32);4-15H,1-3H3,(H,27,30);1-7,14H,8-13H2,(H,24,28). The molecule has 35 heteroatoms. The lowest BCUT2D eigenvalue weighted by atomic mass is 10.1. The predicted molar refractivity (Wildman–Crippen MR) is 484 cm³/mol. The van der Waals surface area contributed by atoms with E-state index in [1.807, 2.05) is 186 Å². The van der Waals surface area contributed by atoms with Gasteiger partial charge in [0.2, 0.25) is 0 Å². The monoisotopic (exact) mass is 1770 g/mol. The van der Waals surface area contributed by atoms with Crippen molar-refractivity contribution in [2.24, 2.45) is 0 Å². The number of aromatic amines is 1. The van der Waals surface area contributed by atoms with E-state index >= 15 is 0 Å². The molecule has 5 N–H and O–H groups in total. The van der Waals surface area contributed by atoms with Gasteiger partial charge in [-0.3, -0.25) is 87.6 Å². The number of halogens is 1. The summed E-state index contributed by atoms with van der Waals surface area (Å²) >= 11 is 3.30. The van der Waals surface area contributed by atoms with Gasteiger partial charge in [0.15, 0.2) is 0 Å². The minimum atomic E-state index is -0.315. The predicted octanol–water partition coefficient (Wildman–Crippen LogP) is 12.8. The molecule has 0 aliphatic carbocycles. The van der Waals surface area contributed by atoms with Gasteiger partial charge in [-0.25, -0.2) is 19.9 Å². The van der Waals surface area contributed by atoms with Crippen LogP contribution in [0.5, 0.6) is 0 Å². The van der Waals surface area contributed by atoms with Crippen molar-refractivity contribution >= 4 is 62.3 Å². The number of nitrogens with one attached hydrogen (secondary N) is 5. The molecule has 0 saturated carbocycles. The zero-order valence-corrected chi connectivity index (χ0v) is 72.1. The Morgan fingerprint density at radius 3 is 1.03 bits per heavy atom. The number of carbonyl (C=O) groups is 4. The quantitative estimate of drug-likeness (QED) is 0.0332. The maximum absolute atomic E-state index is 13.2. The maximum atomic E-state index is 13.2. The fourth-order valence-corrected chi connectivity index (χ4v) is 14.2. The number of nitrogens with zero attached hydrogens (tertiary/aromatic N) is 22. The lowest BCUT2D eigenvalue weighted by Gasteiger charge is -2.26. The summed E-state index contributed by atoms with van der Waals surface area (Å²) in [6.45, 7) is 22.7. The molecular weight excluding hydrogens is 1680 g/mol. The second-order valence-electron chi connectivity index (χ2n) is 30.0. The number of aryl methyl sites for hydroxylation is 2. The highest BCUT2D eigenvalue weighted by Crippen LogP contribution is 2.32. The van der Waals surface area contributed by atoms with Gasteiger partial charge in [-0.05, 0) is 164 Å². The molecule has 3 aliphatic rings. The van der Waals surface area contributed by atoms with E-state index in [1.165, 1.54) is 0 Å². The summed E-state index contributed by atoms with van der Waals surface area (Å²) in [6.07, 6.45) is 24.7. The van der Waals surface area contributed by atoms with Gasteiger partial charge in [0.05, 0.1) is 128 Å². The lowest BCUT2D eigenvalue weighted by molar-refractivity contribution is 0.0359. The van der Waals surface area contributed by atoms with E-state index in [-0.39, 0.29) is 29.7 Å². The summed E-state index contributed by atoms with van der Waals surface area (Å²) in [7, 11) is 0. The molecule has 3 fully saturated rings. The second-order valence-corrected chi connectivity index (χ2v) is 30.8. The van der Waals surface area contributed by atoms with Crippen molar-refractivity contribution in [1.29, 1.82) is 0 Å². The molecule has 4 amide bonds. The minimum Gasteiger partial charge on any atom is -0.379 e. The Balaban J connectivity index is 0.000000131. The van der Waals surface area contributed by atoms with Crippen LogP contribution >= 0.6 is 15.9 Å². The number of hydrogen-bond donors (Lipinski definition) is 5. The Morgan fingerprint density at radius 1 is 0.378 bits per heavy atom. The summed E-state index contributed by atoms with van der Waals surface area (Å²) in [5.74, 6) is -1.23. The number of morpholine rings is 3. The minimum absolute atomic E-state index is 0.147. The maximum Gasteiger partial charge on any atom is 0.274 e. The molecule has 127 heavy (non-hydrogen) atoms. The number of H-pyrrole nitrogens is 1. The van der Waals surface area contributed by atoms with Crippen molar-refractivity contribution < 1.29 is 33.4 Å². The van der Waals surface area contributed by atoms with Crippen molar-refractivity contribution in [1.82, 2.24) is 114 Å². The van der Waals surface area contributed by atoms with Crippen molar-refractivity contribution in [3.8, 4) is 79.3 Å². The van der Waals surface area contributed by atoms with Gasteiger partial charge < -0.3 is 35.5 Å². The number of pyridine rings is 10. The zero-order chi connectivity index (χ0) is 87.6. The van der Waals surface area contributed by atoms with Gasteiger partial charge in [0.25, 0.3) is 23.6 Å². The van der Waals surface area contributed by atoms with Gasteiger partial charge in [-0.1, -0.05) is 48.5 Å². The fraction of sp³-hybridized carbons (Fsp3) is 0.250. The first kappa shape index (κ1) is 87.6. The van der Waals surface area contributed by atoms with Gasteiger partial charge in [0, 0.05) is 162 Å². The average Bonchev–Trinajstić information content (AvgIpc) is 1.71. The number of anilines is 4. The molecule has 3 aliphatic heterocycles. The van der Waals surface area contributed by atoms with E-state index in [0.29, 0.717) is 132 Å². The van der Waals surface area contributed by atoms with Crippen molar-refractivity contribution in [3.63, 3.8) is 0 Å². The van der Waals surface area contributed by atoms with E-state index in [1.54, 1.807) is 104 Å². The lowest BCUT2D eigenvalue weighted by Crippen LogP contribution is -2.38. The number of aromatic nitrogens is 20. The molecule has 0 bridgehead atoms. The summed E-state index contributed by atoms with van der Waals surface area (Å²) in [5, 5.41) is 37.3. The number of carbonyl (C=O) groups excluding carboxylic acids is 4. The van der Waals surface area contributed by atoms with Gasteiger partial charge >= 0.3 is 0 Å². The van der Waals surface area contributed by atoms with Crippen LogP contribution in [0.15, 0.2) is 249 Å². The zero-order valence-electron chi connectivity index (χ0n) is 70.5. The molecule has 3 saturated heterocycles. The van der Waals surface area contributed by atoms with Crippen molar-refractivity contribution in [3.05, 3.63) is 283 Å². The van der Waals surface area contributed by atoms with Crippen LogP contribution in [-0.4, -0.2) is 236 Å². The molecule has 18 rings (SSSR count). The molecule has 0 radical (unpaired) electrons. The Labute approximate surface area is 740 Å². The number of ether oxygens (including phenoxy) is 3. The third kappa shape index (κ3) is 24.2. The van der Waals surface area contributed by atoms with Crippen LogP contribution in [0.1, 0.15) is 73.0 Å². The summed E-state index contributed by atoms with van der Waals surface area (Å²) in [4.78, 5) is 103. The molecule has 0 unspecified atom stereocenters. The average molecular weight is 1770 g/mol. The first-order valence-corrected chi connectivity index (χ1v) is 42.4. The molecule has 0 atom stereocenters. The third-order valence-corrected chi connectivity index (χ3v) is 20.9. The number of amides is 4. The molecule has 15 aromatic heterocycles. The van der Waals surface area contributed by atoms with E-state index < -0.39 is 0 Å². The first-order chi connectivity index (χ1) is 62.1. The molecular formula is C92H94BrN27O7. The SMILES string of the molecule is Cc1cncc(-c2cccc(C(=O)Nc3cn(C(C)C)nc3-c3ccccn3)n2)c1.Cc1cncc(-c2cccc(C(=O)Nc3cn(CCN4CCOCC4)nc3-c3ccccn3)n2)c1.O=C(Nc1cn(CCN2CCOCC2)nc1-c1ccccn1)c1cccc(-c2cn[nH]c2)n1.O=C(Nc1cn(CCN2CCOCC2)nc1-c1ccccn1)c1cccc(Br)n1. The Hall–Kier alpha value is -14.3. The van der Waals surface area contributed by atoms with Crippen LogP contribution in [0.3, 0.4) is 0 Å². The van der Waals surface area contributed by atoms with E-state index in [0.717, 1.165) is 126 Å². The van der Waals surface area contributed by atoms with Crippen LogP contribution < -0.4 is 21.3 Å². The number of rotatable bonds is 25. The normalized spacial score (nSPS) is 13.5. The fourth-order valence-electron chi connectivity index (χ4n) is 13.8. The second kappa shape index (κ2) is 43.3. The van der Waals surface area contributed by atoms with Crippen LogP contribution in [0.25, 0.3) is 79.3 Å². The van der Waals surface area contributed by atoms with Crippen LogP contribution in [-0.2, 0) is 33.8 Å². The van der Waals surface area contributed by atoms with Crippen LogP contribution in [0.4, 0.5) is 22.7 Å². The summed E-state index contributed by atoms with van der Waals surface area (Å²) < 4.78 is 24.2. The van der Waals surface area contributed by atoms with Crippen molar-refractivity contribution in [2.45, 2.75) is 53.4 Å². The highest BCUT2D eigenvalue weighted by molar-refractivity contribution is 9.10. The van der Waals surface area contributed by atoms with Gasteiger partial charge in [-0.15, -0.1) is 0 Å². The van der Waals surface area contributed by atoms with Crippen molar-refractivity contribution in [2.75, 3.05) is 120 Å². The molecule has 18 heterocycles. The number of hydrogen-bond acceptors (Lipinski definition) is 25. The van der Waals surface area contributed by atoms with E-state index in [9.17, 15) is 19.2 Å². The molecule has 0 spiro atoms. The molecule has 646 valence electrons. The first-order valence-electron chi connectivity index (χ1n) is 41.6. The third-order valence-electron chi connectivity index (χ3n) is 20.4.